The van der Waals surface area contributed by atoms with Crippen LogP contribution in [0.1, 0.15) is 30.1 Å². The maximum Gasteiger partial charge on any atom is 0.322 e. The molecule has 1 unspecified atom stereocenters. The van der Waals surface area contributed by atoms with Crippen molar-refractivity contribution >= 4 is 23.3 Å². The number of halogens is 1. The Morgan fingerprint density at radius 3 is 2.42 bits per heavy atom. The summed E-state index contributed by atoms with van der Waals surface area (Å²) in [6, 6.07) is 21.9. The third kappa shape index (κ3) is 4.53. The van der Waals surface area contributed by atoms with Crippen molar-refractivity contribution in [3.8, 4) is 17.2 Å². The molecule has 0 spiro atoms. The number of fused-ring (bicyclic) bond motifs is 3. The fourth-order valence-corrected chi connectivity index (χ4v) is 5.33. The topological polar surface area (TPSA) is 76.0 Å². The molecule has 0 saturated heterocycles. The van der Waals surface area contributed by atoms with Crippen molar-refractivity contribution in [2.24, 2.45) is 0 Å². The summed E-state index contributed by atoms with van der Waals surface area (Å²) in [6.45, 7) is -0.178. The predicted molar refractivity (Wildman–Crippen MR) is 150 cm³/mol. The predicted octanol–water partition coefficient (Wildman–Crippen LogP) is 5.77. The van der Waals surface area contributed by atoms with Gasteiger partial charge >= 0.3 is 6.03 Å². The van der Waals surface area contributed by atoms with Gasteiger partial charge < -0.3 is 24.3 Å². The molecule has 0 radical (unpaired) electrons. The number of benzene rings is 3. The van der Waals surface area contributed by atoms with Crippen LogP contribution < -0.4 is 19.7 Å². The highest BCUT2D eigenvalue weighted by atomic mass is 19.1. The number of methoxy groups -OCH3 is 2. The Kier molecular flexibility index (Phi) is 6.63. The van der Waals surface area contributed by atoms with Crippen LogP contribution in [-0.2, 0) is 4.79 Å². The first-order valence-electron chi connectivity index (χ1n) is 13.1. The first-order chi connectivity index (χ1) is 19.5. The molecule has 1 aromatic heterocycles. The van der Waals surface area contributed by atoms with Gasteiger partial charge in [-0.3, -0.25) is 9.69 Å². The van der Waals surface area contributed by atoms with Gasteiger partial charge in [-0.25, -0.2) is 9.18 Å². The molecule has 8 nitrogen and oxygen atoms in total. The molecular weight excluding hydrogens is 511 g/mol. The lowest BCUT2D eigenvalue weighted by Crippen LogP contribution is -2.48. The van der Waals surface area contributed by atoms with E-state index < -0.39 is 17.9 Å². The molecule has 2 aliphatic rings. The van der Waals surface area contributed by atoms with Crippen molar-refractivity contribution in [1.82, 2.24) is 9.47 Å². The fourth-order valence-electron chi connectivity index (χ4n) is 5.33. The lowest BCUT2D eigenvalue weighted by molar-refractivity contribution is -0.119. The molecular formula is C31H29FN4O4. The van der Waals surface area contributed by atoms with Gasteiger partial charge in [0.15, 0.2) is 0 Å². The van der Waals surface area contributed by atoms with Crippen molar-refractivity contribution in [3.63, 3.8) is 0 Å². The van der Waals surface area contributed by atoms with Gasteiger partial charge in [0.05, 0.1) is 37.0 Å². The highest BCUT2D eigenvalue weighted by Crippen LogP contribution is 2.45. The van der Waals surface area contributed by atoms with E-state index in [0.717, 1.165) is 29.8 Å². The number of carbonyl (C=O) groups excluding carboxylic acids is 2. The fraction of sp³-hybridized carbons (Fsp3) is 0.226. The van der Waals surface area contributed by atoms with E-state index in [2.05, 4.69) is 9.88 Å². The Hall–Kier alpha value is -4.79. The van der Waals surface area contributed by atoms with Gasteiger partial charge in [-0.05, 0) is 67.4 Å². The number of urea groups is 1. The van der Waals surface area contributed by atoms with E-state index in [1.165, 1.54) is 17.0 Å². The average Bonchev–Trinajstić information content (AvgIpc) is 3.70. The lowest BCUT2D eigenvalue weighted by Gasteiger charge is -2.40. The molecule has 3 amide bonds. The van der Waals surface area contributed by atoms with Crippen LogP contribution >= 0.6 is 0 Å². The second-order valence-electron chi connectivity index (χ2n) is 9.84. The van der Waals surface area contributed by atoms with Crippen LogP contribution in [0.5, 0.6) is 11.5 Å². The van der Waals surface area contributed by atoms with Crippen molar-refractivity contribution in [3.05, 3.63) is 102 Å². The van der Waals surface area contributed by atoms with Crippen molar-refractivity contribution in [1.29, 1.82) is 0 Å². The first-order valence-corrected chi connectivity index (χ1v) is 13.1. The second kappa shape index (κ2) is 10.4. The molecule has 1 fully saturated rings. The monoisotopic (exact) mass is 540 g/mol. The smallest absolute Gasteiger partial charge is 0.322 e. The number of anilines is 2. The molecule has 204 valence electrons. The lowest BCUT2D eigenvalue weighted by atomic mass is 9.96. The van der Waals surface area contributed by atoms with Gasteiger partial charge in [0.2, 0.25) is 5.91 Å². The minimum absolute atomic E-state index is 0.0748. The molecule has 9 heteroatoms. The highest BCUT2D eigenvalue weighted by Gasteiger charge is 2.41. The minimum Gasteiger partial charge on any atom is -0.497 e. The molecule has 4 aromatic rings. The minimum atomic E-state index is -0.557. The summed E-state index contributed by atoms with van der Waals surface area (Å²) in [6.07, 6.45) is 3.53. The number of amides is 3. The summed E-state index contributed by atoms with van der Waals surface area (Å²) >= 11 is 0. The average molecular weight is 541 g/mol. The molecule has 1 atom stereocenters. The van der Waals surface area contributed by atoms with Crippen molar-refractivity contribution in [2.75, 3.05) is 31.0 Å². The number of para-hydroxylation sites is 3. The Morgan fingerprint density at radius 2 is 1.70 bits per heavy atom. The molecule has 6 rings (SSSR count). The number of nitrogens with zero attached hydrogens (tertiary/aromatic N) is 3. The summed E-state index contributed by atoms with van der Waals surface area (Å²) in [4.78, 5) is 30.9. The third-order valence-electron chi connectivity index (χ3n) is 7.39. The third-order valence-corrected chi connectivity index (χ3v) is 7.39. The molecule has 1 aliphatic carbocycles. The largest absolute Gasteiger partial charge is 0.497 e. The van der Waals surface area contributed by atoms with Crippen LogP contribution in [0.15, 0.2) is 85.1 Å². The van der Waals surface area contributed by atoms with E-state index in [-0.39, 0.29) is 24.2 Å². The number of hydrogen-bond acceptors (Lipinski definition) is 4. The maximum atomic E-state index is 14.3. The molecule has 1 aliphatic heterocycles. The quantitative estimate of drug-likeness (QED) is 0.323. The van der Waals surface area contributed by atoms with Crippen LogP contribution in [0.3, 0.4) is 0 Å². The van der Waals surface area contributed by atoms with E-state index in [0.29, 0.717) is 17.2 Å². The SMILES string of the molecule is COc1ccc(OC)c(C2c3cccn3-c3ccccc3N2C(=O)CN(C(=O)Nc2ccccc2F)C2CC2)c1. The number of ether oxygens (including phenoxy) is 2. The van der Waals surface area contributed by atoms with Crippen LogP contribution in [0.4, 0.5) is 20.6 Å². The Bertz CT molecular complexity index is 1580. The number of aromatic nitrogens is 1. The molecule has 1 saturated carbocycles. The maximum absolute atomic E-state index is 14.3. The van der Waals surface area contributed by atoms with Gasteiger partial charge in [-0.15, -0.1) is 0 Å². The van der Waals surface area contributed by atoms with E-state index in [4.69, 9.17) is 9.47 Å². The van der Waals surface area contributed by atoms with Crippen LogP contribution in [0.2, 0.25) is 0 Å². The molecule has 0 bridgehead atoms. The van der Waals surface area contributed by atoms with Gasteiger partial charge in [0, 0.05) is 17.8 Å². The zero-order chi connectivity index (χ0) is 27.8. The number of nitrogens with one attached hydrogen (secondary N) is 1. The summed E-state index contributed by atoms with van der Waals surface area (Å²) < 4.78 is 27.6. The Morgan fingerprint density at radius 1 is 0.950 bits per heavy atom. The van der Waals surface area contributed by atoms with Crippen LogP contribution in [0, 0.1) is 5.82 Å². The van der Waals surface area contributed by atoms with Gasteiger partial charge in [-0.2, -0.15) is 0 Å². The summed E-state index contributed by atoms with van der Waals surface area (Å²) in [7, 11) is 3.18. The zero-order valence-corrected chi connectivity index (χ0v) is 22.2. The van der Waals surface area contributed by atoms with Gasteiger partial charge in [0.1, 0.15) is 29.9 Å². The normalized spacial score (nSPS) is 15.6. The standard InChI is InChI=1S/C31H29FN4O4/c1-39-21-15-16-28(40-2)22(18-21)30-27-12-7-17-34(27)25-10-5-6-11-26(25)36(30)29(37)19-35(20-13-14-20)31(38)33-24-9-4-3-8-23(24)32/h3-12,15-18,20,30H,13-14,19H2,1-2H3,(H,33,38). The van der Waals surface area contributed by atoms with E-state index >= 15 is 0 Å². The second-order valence-corrected chi connectivity index (χ2v) is 9.84. The van der Waals surface area contributed by atoms with Crippen LogP contribution in [-0.4, -0.2) is 48.2 Å². The van der Waals surface area contributed by atoms with Gasteiger partial charge in [-0.1, -0.05) is 24.3 Å². The van der Waals surface area contributed by atoms with E-state index in [9.17, 15) is 14.0 Å². The zero-order valence-electron chi connectivity index (χ0n) is 22.2. The highest BCUT2D eigenvalue weighted by molar-refractivity contribution is 6.01. The summed E-state index contributed by atoms with van der Waals surface area (Å²) in [5.74, 6) is 0.426. The summed E-state index contributed by atoms with van der Waals surface area (Å²) in [5, 5.41) is 2.65. The van der Waals surface area contributed by atoms with Crippen molar-refractivity contribution in [2.45, 2.75) is 24.9 Å². The molecule has 40 heavy (non-hydrogen) atoms. The molecule has 3 aromatic carbocycles. The molecule has 1 N–H and O–H groups in total. The van der Waals surface area contributed by atoms with Crippen LogP contribution in [0.25, 0.3) is 5.69 Å². The molecule has 2 heterocycles. The number of rotatable bonds is 7. The Labute approximate surface area is 231 Å². The summed E-state index contributed by atoms with van der Waals surface area (Å²) in [5.41, 5.74) is 3.25. The number of carbonyl (C=O) groups is 2. The van der Waals surface area contributed by atoms with E-state index in [1.807, 2.05) is 60.8 Å². The Balaban J connectivity index is 1.41. The van der Waals surface area contributed by atoms with E-state index in [1.54, 1.807) is 31.3 Å². The van der Waals surface area contributed by atoms with Gasteiger partial charge in [0.25, 0.3) is 0 Å². The number of hydrogen-bond donors (Lipinski definition) is 1. The first kappa shape index (κ1) is 25.5. The van der Waals surface area contributed by atoms with Crippen molar-refractivity contribution < 1.29 is 23.5 Å².